The highest BCUT2D eigenvalue weighted by atomic mass is 16.5. The lowest BCUT2D eigenvalue weighted by Gasteiger charge is -2.19. The molecule has 0 unspecified atom stereocenters. The van der Waals surface area contributed by atoms with Crippen molar-refractivity contribution in [2.75, 3.05) is 40.4 Å². The van der Waals surface area contributed by atoms with Gasteiger partial charge in [-0.15, -0.1) is 0 Å². The molecule has 0 fully saturated rings. The highest BCUT2D eigenvalue weighted by molar-refractivity contribution is 5.27. The van der Waals surface area contributed by atoms with Gasteiger partial charge in [0.1, 0.15) is 0 Å². The van der Waals surface area contributed by atoms with Crippen LogP contribution in [0.1, 0.15) is 31.4 Å². The van der Waals surface area contributed by atoms with Crippen molar-refractivity contribution in [1.82, 2.24) is 10.2 Å². The van der Waals surface area contributed by atoms with Crippen molar-refractivity contribution in [1.29, 1.82) is 0 Å². The molecule has 1 N–H and O–H groups in total. The third-order valence-electron chi connectivity index (χ3n) is 3.57. The van der Waals surface area contributed by atoms with Gasteiger partial charge >= 0.3 is 0 Å². The lowest BCUT2D eigenvalue weighted by molar-refractivity contribution is 0.178. The summed E-state index contributed by atoms with van der Waals surface area (Å²) in [5.41, 5.74) is 2.91. The van der Waals surface area contributed by atoms with Gasteiger partial charge in [-0.3, -0.25) is 0 Å². The molecule has 21 heavy (non-hydrogen) atoms. The maximum absolute atomic E-state index is 5.12. The van der Waals surface area contributed by atoms with E-state index in [1.165, 1.54) is 11.1 Å². The van der Waals surface area contributed by atoms with Gasteiger partial charge < -0.3 is 15.0 Å². The molecule has 0 heterocycles. The number of methoxy groups -OCH3 is 1. The Labute approximate surface area is 130 Å². The van der Waals surface area contributed by atoms with E-state index in [2.05, 4.69) is 55.4 Å². The SMILES string of the molecule is COCCCN(C)Cc1ccccc1CCNCC(C)C. The van der Waals surface area contributed by atoms with Crippen molar-refractivity contribution in [3.63, 3.8) is 0 Å². The molecule has 0 aliphatic carbocycles. The number of ether oxygens (including phenoxy) is 1. The van der Waals surface area contributed by atoms with Crippen molar-refractivity contribution in [3.05, 3.63) is 35.4 Å². The summed E-state index contributed by atoms with van der Waals surface area (Å²) in [7, 11) is 3.95. The second-order valence-corrected chi connectivity index (χ2v) is 6.20. The van der Waals surface area contributed by atoms with Crippen molar-refractivity contribution in [2.24, 2.45) is 5.92 Å². The maximum Gasteiger partial charge on any atom is 0.0474 e. The molecule has 120 valence electrons. The van der Waals surface area contributed by atoms with Crippen LogP contribution in [0.15, 0.2) is 24.3 Å². The van der Waals surface area contributed by atoms with E-state index in [9.17, 15) is 0 Å². The molecule has 1 aromatic carbocycles. The van der Waals surface area contributed by atoms with Gasteiger partial charge in [-0.05, 0) is 50.0 Å². The summed E-state index contributed by atoms with van der Waals surface area (Å²) in [6, 6.07) is 8.80. The van der Waals surface area contributed by atoms with E-state index >= 15 is 0 Å². The molecule has 3 heteroatoms. The summed E-state index contributed by atoms with van der Waals surface area (Å²) in [6.45, 7) is 9.58. The third kappa shape index (κ3) is 8.20. The van der Waals surface area contributed by atoms with Gasteiger partial charge in [0.25, 0.3) is 0 Å². The fourth-order valence-corrected chi connectivity index (χ4v) is 2.42. The maximum atomic E-state index is 5.12. The molecule has 0 aromatic heterocycles. The van der Waals surface area contributed by atoms with Gasteiger partial charge in [0.2, 0.25) is 0 Å². The standard InChI is InChI=1S/C18H32N2O/c1-16(2)14-19-11-10-17-8-5-6-9-18(17)15-20(3)12-7-13-21-4/h5-6,8-9,16,19H,7,10-15H2,1-4H3. The van der Waals surface area contributed by atoms with Crippen LogP contribution >= 0.6 is 0 Å². The van der Waals surface area contributed by atoms with Crippen molar-refractivity contribution < 1.29 is 4.74 Å². The first kappa shape index (κ1) is 18.1. The minimum absolute atomic E-state index is 0.715. The first-order valence-corrected chi connectivity index (χ1v) is 8.08. The Balaban J connectivity index is 2.42. The van der Waals surface area contributed by atoms with Gasteiger partial charge in [0.05, 0.1) is 0 Å². The minimum atomic E-state index is 0.715. The van der Waals surface area contributed by atoms with Crippen LogP contribution in [0.5, 0.6) is 0 Å². The number of nitrogens with zero attached hydrogens (tertiary/aromatic N) is 1. The zero-order valence-electron chi connectivity index (χ0n) is 14.2. The summed E-state index contributed by atoms with van der Waals surface area (Å²) >= 11 is 0. The second-order valence-electron chi connectivity index (χ2n) is 6.20. The number of hydrogen-bond acceptors (Lipinski definition) is 3. The topological polar surface area (TPSA) is 24.5 Å². The first-order valence-electron chi connectivity index (χ1n) is 8.08. The molecule has 0 aliphatic rings. The van der Waals surface area contributed by atoms with Crippen LogP contribution in [0.2, 0.25) is 0 Å². The predicted octanol–water partition coefficient (Wildman–Crippen LogP) is 2.94. The number of benzene rings is 1. The molecule has 0 bridgehead atoms. The third-order valence-corrected chi connectivity index (χ3v) is 3.57. The van der Waals surface area contributed by atoms with Crippen LogP contribution in [0.25, 0.3) is 0 Å². The molecule has 0 saturated heterocycles. The molecule has 0 amide bonds. The van der Waals surface area contributed by atoms with Gasteiger partial charge in [0.15, 0.2) is 0 Å². The summed E-state index contributed by atoms with van der Waals surface area (Å²) in [5, 5.41) is 3.53. The Hall–Kier alpha value is -0.900. The average molecular weight is 292 g/mol. The lowest BCUT2D eigenvalue weighted by atomic mass is 10.0. The Morgan fingerprint density at radius 1 is 1.19 bits per heavy atom. The monoisotopic (exact) mass is 292 g/mol. The van der Waals surface area contributed by atoms with Gasteiger partial charge in [-0.2, -0.15) is 0 Å². The van der Waals surface area contributed by atoms with Gasteiger partial charge in [0, 0.05) is 26.8 Å². The van der Waals surface area contributed by atoms with Crippen molar-refractivity contribution >= 4 is 0 Å². The molecule has 0 saturated carbocycles. The normalized spacial score (nSPS) is 11.5. The van der Waals surface area contributed by atoms with Crippen LogP contribution in [0, 0.1) is 5.92 Å². The minimum Gasteiger partial charge on any atom is -0.385 e. The highest BCUT2D eigenvalue weighted by Crippen LogP contribution is 2.12. The van der Waals surface area contributed by atoms with Crippen molar-refractivity contribution in [2.45, 2.75) is 33.2 Å². The molecule has 0 spiro atoms. The Morgan fingerprint density at radius 3 is 2.57 bits per heavy atom. The Bertz CT molecular complexity index is 379. The lowest BCUT2D eigenvalue weighted by Crippen LogP contribution is -2.24. The summed E-state index contributed by atoms with van der Waals surface area (Å²) in [6.07, 6.45) is 2.19. The largest absolute Gasteiger partial charge is 0.385 e. The van der Waals surface area contributed by atoms with E-state index in [1.54, 1.807) is 7.11 Å². The van der Waals surface area contributed by atoms with Crippen LogP contribution in [0.4, 0.5) is 0 Å². The molecule has 3 nitrogen and oxygen atoms in total. The van der Waals surface area contributed by atoms with Crippen LogP contribution < -0.4 is 5.32 Å². The van der Waals surface area contributed by atoms with E-state index in [-0.39, 0.29) is 0 Å². The molecule has 0 atom stereocenters. The van der Waals surface area contributed by atoms with Crippen LogP contribution in [-0.2, 0) is 17.7 Å². The van der Waals surface area contributed by atoms with E-state index in [0.29, 0.717) is 5.92 Å². The van der Waals surface area contributed by atoms with E-state index < -0.39 is 0 Å². The summed E-state index contributed by atoms with van der Waals surface area (Å²) < 4.78 is 5.12. The summed E-state index contributed by atoms with van der Waals surface area (Å²) in [4.78, 5) is 2.37. The molecular formula is C18H32N2O. The van der Waals surface area contributed by atoms with Crippen molar-refractivity contribution in [3.8, 4) is 0 Å². The molecular weight excluding hydrogens is 260 g/mol. The Kier molecular flexibility index (Phi) is 9.31. The predicted molar refractivity (Wildman–Crippen MR) is 90.7 cm³/mol. The second kappa shape index (κ2) is 10.8. The molecule has 0 aliphatic heterocycles. The van der Waals surface area contributed by atoms with E-state index in [0.717, 1.165) is 45.6 Å². The van der Waals surface area contributed by atoms with Gasteiger partial charge in [-0.25, -0.2) is 0 Å². The Morgan fingerprint density at radius 2 is 1.90 bits per heavy atom. The molecule has 0 radical (unpaired) electrons. The fraction of sp³-hybridized carbons (Fsp3) is 0.667. The summed E-state index contributed by atoms with van der Waals surface area (Å²) in [5.74, 6) is 0.715. The fourth-order valence-electron chi connectivity index (χ4n) is 2.42. The zero-order chi connectivity index (χ0) is 15.5. The van der Waals surface area contributed by atoms with Crippen LogP contribution in [0.3, 0.4) is 0 Å². The first-order chi connectivity index (χ1) is 10.1. The molecule has 1 aromatic rings. The van der Waals surface area contributed by atoms with E-state index in [4.69, 9.17) is 4.74 Å². The highest BCUT2D eigenvalue weighted by Gasteiger charge is 2.05. The smallest absolute Gasteiger partial charge is 0.0474 e. The quantitative estimate of drug-likeness (QED) is 0.635. The van der Waals surface area contributed by atoms with Crippen LogP contribution in [-0.4, -0.2) is 45.3 Å². The number of hydrogen-bond donors (Lipinski definition) is 1. The van der Waals surface area contributed by atoms with E-state index in [1.807, 2.05) is 0 Å². The number of rotatable bonds is 11. The zero-order valence-corrected chi connectivity index (χ0v) is 14.2. The average Bonchev–Trinajstić information content (AvgIpc) is 2.45. The van der Waals surface area contributed by atoms with Gasteiger partial charge in [-0.1, -0.05) is 38.1 Å². The molecule has 1 rings (SSSR count). The number of nitrogens with one attached hydrogen (secondary N) is 1.